The van der Waals surface area contributed by atoms with Crippen LogP contribution in [0.3, 0.4) is 0 Å². The van der Waals surface area contributed by atoms with Crippen LogP contribution < -0.4 is 10.6 Å². The Balaban J connectivity index is 1.39. The van der Waals surface area contributed by atoms with Gasteiger partial charge >= 0.3 is 0 Å². The fraction of sp³-hybridized carbons (Fsp3) is 0.148. The molecule has 1 saturated heterocycles. The third-order valence-electron chi connectivity index (χ3n) is 5.90. The summed E-state index contributed by atoms with van der Waals surface area (Å²) >= 11 is 5.65. The minimum absolute atomic E-state index is 0.119. The average molecular weight is 487 g/mol. The molecule has 4 aromatic rings. The van der Waals surface area contributed by atoms with E-state index in [1.807, 2.05) is 65.6 Å². The fourth-order valence-corrected chi connectivity index (χ4v) is 4.55. The smallest absolute Gasteiger partial charge is 0.226 e. The van der Waals surface area contributed by atoms with Crippen LogP contribution in [0.1, 0.15) is 30.0 Å². The van der Waals surface area contributed by atoms with E-state index < -0.39 is 5.82 Å². The number of rotatable bonds is 7. The predicted molar refractivity (Wildman–Crippen MR) is 136 cm³/mol. The molecular weight excluding hydrogens is 463 g/mol. The Hall–Kier alpha value is -4.04. The van der Waals surface area contributed by atoms with Crippen molar-refractivity contribution in [3.05, 3.63) is 108 Å². The minimum atomic E-state index is -0.476. The van der Waals surface area contributed by atoms with E-state index in [2.05, 4.69) is 15.6 Å². The molecule has 5 rings (SSSR count). The lowest BCUT2D eigenvalue weighted by molar-refractivity contribution is -0.116. The van der Waals surface area contributed by atoms with Crippen LogP contribution >= 0.6 is 12.2 Å². The Labute approximate surface area is 207 Å². The van der Waals surface area contributed by atoms with Crippen LogP contribution in [0.4, 0.5) is 10.1 Å². The highest BCUT2D eigenvalue weighted by Crippen LogP contribution is 2.40. The van der Waals surface area contributed by atoms with Gasteiger partial charge in [-0.05, 0) is 48.6 Å². The molecule has 1 aliphatic rings. The number of para-hydroxylation sites is 1. The second-order valence-electron chi connectivity index (χ2n) is 8.17. The van der Waals surface area contributed by atoms with Crippen molar-refractivity contribution in [2.75, 3.05) is 11.9 Å². The van der Waals surface area contributed by atoms with E-state index in [-0.39, 0.29) is 30.1 Å². The van der Waals surface area contributed by atoms with Crippen molar-refractivity contribution in [1.82, 2.24) is 15.2 Å². The standard InChI is InChI=1S/C27H23FN4O2S/c28-19-10-4-5-11-20(19)30-24(33)15-17-32-26(25(31-27(32)35)21-12-6-7-16-29-21)23-14-13-22(34-23)18-8-2-1-3-9-18/h1-14,16,25-26H,15,17H2,(H,30,33)(H,31,35)/t25-,26-/m0/s1. The van der Waals surface area contributed by atoms with Gasteiger partial charge in [-0.3, -0.25) is 9.78 Å². The molecule has 0 unspecified atom stereocenters. The topological polar surface area (TPSA) is 70.4 Å². The van der Waals surface area contributed by atoms with Crippen molar-refractivity contribution < 1.29 is 13.6 Å². The van der Waals surface area contributed by atoms with Gasteiger partial charge in [0, 0.05) is 24.7 Å². The summed E-state index contributed by atoms with van der Waals surface area (Å²) < 4.78 is 20.2. The number of carbonyl (C=O) groups excluding carboxylic acids is 1. The van der Waals surface area contributed by atoms with Crippen LogP contribution in [0, 0.1) is 5.82 Å². The van der Waals surface area contributed by atoms with Crippen molar-refractivity contribution >= 4 is 28.9 Å². The first-order chi connectivity index (χ1) is 17.1. The molecule has 6 nitrogen and oxygen atoms in total. The number of hydrogen-bond acceptors (Lipinski definition) is 4. The van der Waals surface area contributed by atoms with E-state index in [4.69, 9.17) is 16.6 Å². The van der Waals surface area contributed by atoms with E-state index in [1.165, 1.54) is 12.1 Å². The van der Waals surface area contributed by atoms with Crippen LogP contribution in [-0.2, 0) is 4.79 Å². The van der Waals surface area contributed by atoms with Gasteiger partial charge in [0.05, 0.1) is 17.4 Å². The number of carbonyl (C=O) groups is 1. The maximum absolute atomic E-state index is 13.9. The summed E-state index contributed by atoms with van der Waals surface area (Å²) in [7, 11) is 0. The minimum Gasteiger partial charge on any atom is -0.459 e. The van der Waals surface area contributed by atoms with Gasteiger partial charge in [0.2, 0.25) is 5.91 Å². The first-order valence-electron chi connectivity index (χ1n) is 11.3. The Kier molecular flexibility index (Phi) is 6.54. The largest absolute Gasteiger partial charge is 0.459 e. The number of pyridine rings is 1. The first kappa shape index (κ1) is 22.7. The SMILES string of the molecule is O=C(CCN1C(=S)N[C@@H](c2ccccn2)[C@@H]1c1ccc(-c2ccccc2)o1)Nc1ccccc1F. The van der Waals surface area contributed by atoms with Crippen molar-refractivity contribution in [3.8, 4) is 11.3 Å². The third-order valence-corrected chi connectivity index (χ3v) is 6.25. The number of nitrogens with one attached hydrogen (secondary N) is 2. The van der Waals surface area contributed by atoms with Gasteiger partial charge in [0.1, 0.15) is 23.4 Å². The Bertz CT molecular complexity index is 1330. The number of benzene rings is 2. The van der Waals surface area contributed by atoms with Gasteiger partial charge in [-0.15, -0.1) is 0 Å². The second kappa shape index (κ2) is 10.1. The van der Waals surface area contributed by atoms with Gasteiger partial charge < -0.3 is 20.0 Å². The van der Waals surface area contributed by atoms with Crippen molar-refractivity contribution in [2.45, 2.75) is 18.5 Å². The number of nitrogens with zero attached hydrogens (tertiary/aromatic N) is 2. The average Bonchev–Trinajstić information content (AvgIpc) is 3.50. The lowest BCUT2D eigenvalue weighted by Gasteiger charge is -2.25. The van der Waals surface area contributed by atoms with Gasteiger partial charge in [0.15, 0.2) is 5.11 Å². The quantitative estimate of drug-likeness (QED) is 0.337. The molecule has 0 spiro atoms. The molecule has 0 saturated carbocycles. The van der Waals surface area contributed by atoms with Crippen molar-refractivity contribution in [3.63, 3.8) is 0 Å². The highest BCUT2D eigenvalue weighted by molar-refractivity contribution is 7.80. The molecule has 2 N–H and O–H groups in total. The summed E-state index contributed by atoms with van der Waals surface area (Å²) in [4.78, 5) is 19.1. The molecule has 2 aromatic carbocycles. The number of furan rings is 1. The molecule has 0 aliphatic carbocycles. The number of anilines is 1. The zero-order valence-corrected chi connectivity index (χ0v) is 19.5. The summed E-state index contributed by atoms with van der Waals surface area (Å²) in [5, 5.41) is 6.48. The molecule has 0 radical (unpaired) electrons. The number of thiocarbonyl (C=S) groups is 1. The zero-order valence-electron chi connectivity index (χ0n) is 18.7. The molecule has 1 aliphatic heterocycles. The molecule has 1 amide bonds. The third kappa shape index (κ3) is 4.93. The number of halogens is 1. The molecule has 1 fully saturated rings. The number of amides is 1. The van der Waals surface area contributed by atoms with Crippen molar-refractivity contribution in [1.29, 1.82) is 0 Å². The summed E-state index contributed by atoms with van der Waals surface area (Å²) in [5.41, 5.74) is 1.94. The predicted octanol–water partition coefficient (Wildman–Crippen LogP) is 5.48. The zero-order chi connectivity index (χ0) is 24.2. The summed E-state index contributed by atoms with van der Waals surface area (Å²) in [6.45, 7) is 0.321. The Morgan fingerprint density at radius 3 is 2.57 bits per heavy atom. The van der Waals surface area contributed by atoms with E-state index in [0.717, 1.165) is 17.0 Å². The first-order valence-corrected chi connectivity index (χ1v) is 11.7. The maximum atomic E-state index is 13.9. The molecule has 2 atom stereocenters. The van der Waals surface area contributed by atoms with Crippen LogP contribution in [-0.4, -0.2) is 27.4 Å². The Morgan fingerprint density at radius 1 is 1.03 bits per heavy atom. The highest BCUT2D eigenvalue weighted by atomic mass is 32.1. The highest BCUT2D eigenvalue weighted by Gasteiger charge is 2.41. The van der Waals surface area contributed by atoms with Gasteiger partial charge in [-0.1, -0.05) is 48.5 Å². The Morgan fingerprint density at radius 2 is 1.80 bits per heavy atom. The summed E-state index contributed by atoms with van der Waals surface area (Å²) in [6.07, 6.45) is 1.85. The van der Waals surface area contributed by atoms with E-state index in [1.54, 1.807) is 18.3 Å². The lowest BCUT2D eigenvalue weighted by Crippen LogP contribution is -2.32. The molecule has 2 aromatic heterocycles. The van der Waals surface area contributed by atoms with Crippen LogP contribution in [0.5, 0.6) is 0 Å². The van der Waals surface area contributed by atoms with E-state index >= 15 is 0 Å². The summed E-state index contributed by atoms with van der Waals surface area (Å²) in [5.74, 6) is 0.676. The van der Waals surface area contributed by atoms with E-state index in [0.29, 0.717) is 17.4 Å². The molecule has 8 heteroatoms. The second-order valence-corrected chi connectivity index (χ2v) is 8.55. The van der Waals surface area contributed by atoms with Crippen LogP contribution in [0.25, 0.3) is 11.3 Å². The molecule has 35 heavy (non-hydrogen) atoms. The van der Waals surface area contributed by atoms with E-state index in [9.17, 15) is 9.18 Å². The van der Waals surface area contributed by atoms with Crippen LogP contribution in [0.15, 0.2) is 95.5 Å². The molecule has 3 heterocycles. The van der Waals surface area contributed by atoms with Gasteiger partial charge in [-0.25, -0.2) is 4.39 Å². The normalized spacial score (nSPS) is 17.3. The molecular formula is C27H23FN4O2S. The van der Waals surface area contributed by atoms with Gasteiger partial charge in [0.25, 0.3) is 0 Å². The molecule has 176 valence electrons. The molecule has 0 bridgehead atoms. The van der Waals surface area contributed by atoms with Gasteiger partial charge in [-0.2, -0.15) is 0 Å². The number of aromatic nitrogens is 1. The lowest BCUT2D eigenvalue weighted by atomic mass is 10.0. The summed E-state index contributed by atoms with van der Waals surface area (Å²) in [6, 6.07) is 25.0. The monoisotopic (exact) mass is 486 g/mol. The number of hydrogen-bond donors (Lipinski definition) is 2. The fourth-order valence-electron chi connectivity index (χ4n) is 4.22. The van der Waals surface area contributed by atoms with Crippen molar-refractivity contribution in [2.24, 2.45) is 0 Å². The maximum Gasteiger partial charge on any atom is 0.226 e. The van der Waals surface area contributed by atoms with Crippen LogP contribution in [0.2, 0.25) is 0 Å².